The molecule has 0 heterocycles. The molecule has 18 heavy (non-hydrogen) atoms. The summed E-state index contributed by atoms with van der Waals surface area (Å²) in [5, 5.41) is 20.9. The molecule has 0 saturated heterocycles. The smallest absolute Gasteiger partial charge is 0.0940 e. The molecule has 2 aromatic rings. The molecular weight excluding hydrogens is 226 g/mol. The first-order valence-corrected chi connectivity index (χ1v) is 5.96. The molecule has 0 aliphatic carbocycles. The molecule has 0 aliphatic rings. The van der Waals surface area contributed by atoms with Crippen LogP contribution in [0.25, 0.3) is 0 Å². The number of hydrogen-bond acceptors (Lipinski definition) is 3. The second-order valence-electron chi connectivity index (χ2n) is 4.26. The van der Waals surface area contributed by atoms with E-state index in [4.69, 9.17) is 0 Å². The minimum atomic E-state index is -0.681. The van der Waals surface area contributed by atoms with Crippen molar-refractivity contribution >= 4 is 0 Å². The van der Waals surface area contributed by atoms with Crippen molar-refractivity contribution in [3.05, 3.63) is 71.8 Å². The summed E-state index contributed by atoms with van der Waals surface area (Å²) < 4.78 is 0. The molecule has 0 fully saturated rings. The number of nitrogens with zero attached hydrogens (tertiary/aromatic N) is 1. The highest BCUT2D eigenvalue weighted by atomic mass is 16.5. The molecule has 0 aromatic heterocycles. The third-order valence-corrected chi connectivity index (χ3v) is 2.78. The minimum absolute atomic E-state index is 0.193. The SMILES string of the molecule is OC(CN(O)Cc1ccccc1)c1ccccc1. The minimum Gasteiger partial charge on any atom is -0.387 e. The van der Waals surface area contributed by atoms with Gasteiger partial charge in [0.15, 0.2) is 0 Å². The summed E-state index contributed by atoms with van der Waals surface area (Å²) in [4.78, 5) is 0. The van der Waals surface area contributed by atoms with Crippen molar-refractivity contribution in [1.29, 1.82) is 0 Å². The van der Waals surface area contributed by atoms with Gasteiger partial charge >= 0.3 is 0 Å². The summed E-state index contributed by atoms with van der Waals surface area (Å²) in [6, 6.07) is 19.0. The van der Waals surface area contributed by atoms with Crippen LogP contribution in [0.4, 0.5) is 0 Å². The van der Waals surface area contributed by atoms with E-state index in [0.717, 1.165) is 16.2 Å². The van der Waals surface area contributed by atoms with Gasteiger partial charge in [0, 0.05) is 6.54 Å². The maximum absolute atomic E-state index is 9.97. The van der Waals surface area contributed by atoms with Gasteiger partial charge in [-0.25, -0.2) is 0 Å². The molecule has 0 spiro atoms. The van der Waals surface area contributed by atoms with Gasteiger partial charge < -0.3 is 10.3 Å². The van der Waals surface area contributed by atoms with Crippen LogP contribution in [0.2, 0.25) is 0 Å². The molecule has 1 unspecified atom stereocenters. The van der Waals surface area contributed by atoms with E-state index >= 15 is 0 Å². The normalized spacial score (nSPS) is 12.6. The van der Waals surface area contributed by atoms with Crippen LogP contribution in [0.5, 0.6) is 0 Å². The molecule has 3 nitrogen and oxygen atoms in total. The van der Waals surface area contributed by atoms with Crippen molar-refractivity contribution in [3.63, 3.8) is 0 Å². The number of hydroxylamine groups is 2. The van der Waals surface area contributed by atoms with E-state index < -0.39 is 6.10 Å². The van der Waals surface area contributed by atoms with E-state index in [1.54, 1.807) is 0 Å². The van der Waals surface area contributed by atoms with Crippen molar-refractivity contribution in [2.75, 3.05) is 6.54 Å². The lowest BCUT2D eigenvalue weighted by Crippen LogP contribution is -2.24. The summed E-state index contributed by atoms with van der Waals surface area (Å²) in [6.07, 6.45) is -0.681. The Kier molecular flexibility index (Phi) is 4.47. The van der Waals surface area contributed by atoms with E-state index in [1.807, 2.05) is 60.7 Å². The zero-order valence-electron chi connectivity index (χ0n) is 10.1. The van der Waals surface area contributed by atoms with Crippen molar-refractivity contribution in [3.8, 4) is 0 Å². The molecule has 0 aliphatic heterocycles. The fourth-order valence-electron chi connectivity index (χ4n) is 1.84. The maximum Gasteiger partial charge on any atom is 0.0940 e. The van der Waals surface area contributed by atoms with Gasteiger partial charge in [0.2, 0.25) is 0 Å². The van der Waals surface area contributed by atoms with Gasteiger partial charge in [0.1, 0.15) is 0 Å². The van der Waals surface area contributed by atoms with Crippen molar-refractivity contribution in [2.24, 2.45) is 0 Å². The Hall–Kier alpha value is -1.68. The maximum atomic E-state index is 9.97. The molecular formula is C15H17NO2. The average Bonchev–Trinajstić information content (AvgIpc) is 2.40. The van der Waals surface area contributed by atoms with Crippen LogP contribution in [-0.4, -0.2) is 21.9 Å². The van der Waals surface area contributed by atoms with Gasteiger partial charge in [-0.2, -0.15) is 5.06 Å². The Morgan fingerprint density at radius 1 is 0.889 bits per heavy atom. The Balaban J connectivity index is 1.90. The number of aliphatic hydroxyl groups is 1. The summed E-state index contributed by atoms with van der Waals surface area (Å²) in [6.45, 7) is 0.601. The van der Waals surface area contributed by atoms with Crippen LogP contribution in [0.15, 0.2) is 60.7 Å². The van der Waals surface area contributed by atoms with E-state index in [2.05, 4.69) is 0 Å². The van der Waals surface area contributed by atoms with E-state index in [1.165, 1.54) is 0 Å². The second-order valence-corrected chi connectivity index (χ2v) is 4.26. The topological polar surface area (TPSA) is 43.7 Å². The quantitative estimate of drug-likeness (QED) is 0.793. The molecule has 0 radical (unpaired) electrons. The molecule has 2 aromatic carbocycles. The average molecular weight is 243 g/mol. The lowest BCUT2D eigenvalue weighted by molar-refractivity contribution is -0.121. The fourth-order valence-corrected chi connectivity index (χ4v) is 1.84. The van der Waals surface area contributed by atoms with Crippen molar-refractivity contribution in [2.45, 2.75) is 12.6 Å². The molecule has 0 saturated carbocycles. The van der Waals surface area contributed by atoms with Gasteiger partial charge in [-0.3, -0.25) is 0 Å². The molecule has 0 bridgehead atoms. The highest BCUT2D eigenvalue weighted by Crippen LogP contribution is 2.14. The highest BCUT2D eigenvalue weighted by Gasteiger charge is 2.11. The molecule has 1 atom stereocenters. The number of aliphatic hydroxyl groups excluding tert-OH is 1. The molecule has 94 valence electrons. The first-order chi connectivity index (χ1) is 8.75. The summed E-state index contributed by atoms with van der Waals surface area (Å²) >= 11 is 0. The zero-order valence-corrected chi connectivity index (χ0v) is 10.1. The second kappa shape index (κ2) is 6.31. The first-order valence-electron chi connectivity index (χ1n) is 5.96. The Morgan fingerprint density at radius 3 is 2.06 bits per heavy atom. The summed E-state index contributed by atoms with van der Waals surface area (Å²) in [7, 11) is 0. The Labute approximate surface area is 107 Å². The van der Waals surface area contributed by atoms with E-state index in [0.29, 0.717) is 6.54 Å². The fraction of sp³-hybridized carbons (Fsp3) is 0.200. The lowest BCUT2D eigenvalue weighted by Gasteiger charge is -2.19. The van der Waals surface area contributed by atoms with Gasteiger partial charge in [-0.15, -0.1) is 0 Å². The number of rotatable bonds is 5. The van der Waals surface area contributed by atoms with E-state index in [9.17, 15) is 10.3 Å². The molecule has 3 heteroatoms. The van der Waals surface area contributed by atoms with Crippen LogP contribution in [0.1, 0.15) is 17.2 Å². The van der Waals surface area contributed by atoms with Crippen molar-refractivity contribution in [1.82, 2.24) is 5.06 Å². The third-order valence-electron chi connectivity index (χ3n) is 2.78. The molecule has 2 N–H and O–H groups in total. The molecule has 2 rings (SSSR count). The largest absolute Gasteiger partial charge is 0.387 e. The first kappa shape index (κ1) is 12.8. The molecule has 0 amide bonds. The summed E-state index contributed by atoms with van der Waals surface area (Å²) in [5.41, 5.74) is 1.82. The lowest BCUT2D eigenvalue weighted by atomic mass is 10.1. The van der Waals surface area contributed by atoms with Gasteiger partial charge in [0.05, 0.1) is 12.6 Å². The highest BCUT2D eigenvalue weighted by molar-refractivity contribution is 5.18. The van der Waals surface area contributed by atoms with Gasteiger partial charge in [-0.05, 0) is 11.1 Å². The van der Waals surface area contributed by atoms with Gasteiger partial charge in [-0.1, -0.05) is 60.7 Å². The Morgan fingerprint density at radius 2 is 1.44 bits per heavy atom. The monoisotopic (exact) mass is 243 g/mol. The zero-order chi connectivity index (χ0) is 12.8. The predicted molar refractivity (Wildman–Crippen MR) is 70.0 cm³/mol. The van der Waals surface area contributed by atoms with Crippen molar-refractivity contribution < 1.29 is 10.3 Å². The van der Waals surface area contributed by atoms with Crippen LogP contribution in [0.3, 0.4) is 0 Å². The van der Waals surface area contributed by atoms with Crippen LogP contribution < -0.4 is 0 Å². The van der Waals surface area contributed by atoms with Crippen LogP contribution in [-0.2, 0) is 6.54 Å². The van der Waals surface area contributed by atoms with Gasteiger partial charge in [0.25, 0.3) is 0 Å². The number of benzene rings is 2. The Bertz CT molecular complexity index is 458. The van der Waals surface area contributed by atoms with E-state index in [-0.39, 0.29) is 6.54 Å². The summed E-state index contributed by atoms with van der Waals surface area (Å²) in [5.74, 6) is 0. The van der Waals surface area contributed by atoms with Crippen LogP contribution >= 0.6 is 0 Å². The predicted octanol–water partition coefficient (Wildman–Crippen LogP) is 2.61. The third kappa shape index (κ3) is 3.67. The number of hydrogen-bond donors (Lipinski definition) is 2. The van der Waals surface area contributed by atoms with Crippen LogP contribution in [0, 0.1) is 0 Å². The standard InChI is InChI=1S/C15H17NO2/c17-15(14-9-5-2-6-10-14)12-16(18)11-13-7-3-1-4-8-13/h1-10,15,17-18H,11-12H2.